The zero-order chi connectivity index (χ0) is 18.1. The topological polar surface area (TPSA) is 41.6 Å². The molecule has 2 aliphatic heterocycles. The van der Waals surface area contributed by atoms with Crippen molar-refractivity contribution in [2.75, 3.05) is 26.2 Å². The third-order valence-corrected chi connectivity index (χ3v) is 6.07. The summed E-state index contributed by atoms with van der Waals surface area (Å²) >= 11 is 3.53. The zero-order valence-electron chi connectivity index (χ0n) is 15.5. The van der Waals surface area contributed by atoms with Gasteiger partial charge >= 0.3 is 6.09 Å². The van der Waals surface area contributed by atoms with Crippen molar-refractivity contribution >= 4 is 22.0 Å². The highest BCUT2D eigenvalue weighted by molar-refractivity contribution is 9.10. The van der Waals surface area contributed by atoms with E-state index in [-0.39, 0.29) is 11.5 Å². The van der Waals surface area contributed by atoms with Crippen molar-refractivity contribution in [1.82, 2.24) is 10.2 Å². The van der Waals surface area contributed by atoms with Crippen LogP contribution in [0.5, 0.6) is 0 Å². The summed E-state index contributed by atoms with van der Waals surface area (Å²) in [5.41, 5.74) is 1.17. The summed E-state index contributed by atoms with van der Waals surface area (Å²) in [5.74, 6) is 0.365. The van der Waals surface area contributed by atoms with E-state index in [2.05, 4.69) is 45.5 Å². The molecule has 2 heterocycles. The van der Waals surface area contributed by atoms with Crippen LogP contribution in [-0.2, 0) is 4.74 Å². The highest BCUT2D eigenvalue weighted by atomic mass is 79.9. The number of piperidine rings is 2. The van der Waals surface area contributed by atoms with Crippen LogP contribution in [0.4, 0.5) is 4.79 Å². The Labute approximate surface area is 159 Å². The number of halogens is 1. The molecule has 1 N–H and O–H groups in total. The van der Waals surface area contributed by atoms with Crippen molar-refractivity contribution in [2.45, 2.75) is 51.6 Å². The van der Waals surface area contributed by atoms with Gasteiger partial charge in [0.25, 0.3) is 0 Å². The van der Waals surface area contributed by atoms with Crippen LogP contribution < -0.4 is 5.32 Å². The molecule has 2 saturated heterocycles. The number of likely N-dealkylation sites (tertiary alicyclic amines) is 1. The maximum atomic E-state index is 12.6. The largest absolute Gasteiger partial charge is 0.444 e. The summed E-state index contributed by atoms with van der Waals surface area (Å²) in [6, 6.07) is 8.63. The van der Waals surface area contributed by atoms with Crippen LogP contribution in [0.25, 0.3) is 0 Å². The zero-order valence-corrected chi connectivity index (χ0v) is 17.1. The second-order valence-corrected chi connectivity index (χ2v) is 9.31. The average Bonchev–Trinajstić information content (AvgIpc) is 2.55. The van der Waals surface area contributed by atoms with E-state index in [1.165, 1.54) is 18.4 Å². The van der Waals surface area contributed by atoms with E-state index in [1.807, 2.05) is 25.7 Å². The van der Waals surface area contributed by atoms with E-state index in [4.69, 9.17) is 4.74 Å². The molecule has 25 heavy (non-hydrogen) atoms. The number of hydrogen-bond donors (Lipinski definition) is 1. The molecule has 0 aromatic heterocycles. The maximum absolute atomic E-state index is 12.6. The molecule has 0 radical (unpaired) electrons. The standard InChI is InChI=1S/C20H29BrN2O2/c1-19(2,3)25-18(24)23-13-10-20(8-11-22-12-9-20)17(14-23)15-4-6-16(21)7-5-15/h4-7,17,22H,8-14H2,1-3H3. The quantitative estimate of drug-likeness (QED) is 0.740. The molecule has 1 amide bonds. The van der Waals surface area contributed by atoms with Crippen molar-refractivity contribution in [1.29, 1.82) is 0 Å². The first kappa shape index (κ1) is 18.7. The molecule has 0 saturated carbocycles. The number of rotatable bonds is 1. The summed E-state index contributed by atoms with van der Waals surface area (Å²) in [6.45, 7) is 9.46. The summed E-state index contributed by atoms with van der Waals surface area (Å²) in [6.07, 6.45) is 3.22. The van der Waals surface area contributed by atoms with Crippen molar-refractivity contribution in [2.24, 2.45) is 5.41 Å². The van der Waals surface area contributed by atoms with Crippen molar-refractivity contribution < 1.29 is 9.53 Å². The summed E-state index contributed by atoms with van der Waals surface area (Å²) in [5, 5.41) is 3.49. The Morgan fingerprint density at radius 3 is 2.44 bits per heavy atom. The van der Waals surface area contributed by atoms with E-state index in [0.29, 0.717) is 5.92 Å². The Morgan fingerprint density at radius 1 is 1.20 bits per heavy atom. The normalized spacial score (nSPS) is 23.5. The van der Waals surface area contributed by atoms with Crippen molar-refractivity contribution in [3.63, 3.8) is 0 Å². The molecule has 1 atom stereocenters. The Balaban J connectivity index is 1.84. The molecule has 2 aliphatic rings. The van der Waals surface area contributed by atoms with Crippen molar-refractivity contribution in [3.8, 4) is 0 Å². The summed E-state index contributed by atoms with van der Waals surface area (Å²) in [7, 11) is 0. The fraction of sp³-hybridized carbons (Fsp3) is 0.650. The van der Waals surface area contributed by atoms with E-state index in [9.17, 15) is 4.79 Å². The van der Waals surface area contributed by atoms with E-state index >= 15 is 0 Å². The number of ether oxygens (including phenoxy) is 1. The lowest BCUT2D eigenvalue weighted by Gasteiger charge is -2.50. The minimum atomic E-state index is -0.450. The maximum Gasteiger partial charge on any atom is 0.410 e. The van der Waals surface area contributed by atoms with Gasteiger partial charge in [-0.25, -0.2) is 4.79 Å². The number of carbonyl (C=O) groups is 1. The molecule has 4 nitrogen and oxygen atoms in total. The first-order chi connectivity index (χ1) is 11.8. The molecule has 5 heteroatoms. The lowest BCUT2D eigenvalue weighted by Crippen LogP contribution is -2.52. The number of nitrogens with one attached hydrogen (secondary N) is 1. The predicted molar refractivity (Wildman–Crippen MR) is 104 cm³/mol. The van der Waals surface area contributed by atoms with Gasteiger partial charge in [0.2, 0.25) is 0 Å². The molecule has 2 fully saturated rings. The molecule has 0 bridgehead atoms. The van der Waals surface area contributed by atoms with Gasteiger partial charge in [-0.1, -0.05) is 28.1 Å². The van der Waals surface area contributed by atoms with Gasteiger partial charge in [0, 0.05) is 23.5 Å². The first-order valence-electron chi connectivity index (χ1n) is 9.23. The fourth-order valence-electron chi connectivity index (χ4n) is 4.21. The second kappa shape index (κ2) is 7.28. The van der Waals surface area contributed by atoms with Gasteiger partial charge < -0.3 is 15.0 Å². The van der Waals surface area contributed by atoms with Gasteiger partial charge in [0.15, 0.2) is 0 Å². The van der Waals surface area contributed by atoms with Gasteiger partial charge in [-0.15, -0.1) is 0 Å². The van der Waals surface area contributed by atoms with Crippen LogP contribution in [0, 0.1) is 5.41 Å². The number of hydrogen-bond acceptors (Lipinski definition) is 3. The van der Waals surface area contributed by atoms with Gasteiger partial charge in [-0.2, -0.15) is 0 Å². The number of benzene rings is 1. The number of nitrogens with zero attached hydrogens (tertiary/aromatic N) is 1. The highest BCUT2D eigenvalue weighted by Crippen LogP contribution is 2.49. The fourth-order valence-corrected chi connectivity index (χ4v) is 4.47. The van der Waals surface area contributed by atoms with Crippen LogP contribution in [-0.4, -0.2) is 42.8 Å². The Morgan fingerprint density at radius 2 is 1.84 bits per heavy atom. The van der Waals surface area contributed by atoms with E-state index < -0.39 is 5.60 Å². The summed E-state index contributed by atoms with van der Waals surface area (Å²) in [4.78, 5) is 14.5. The minimum absolute atomic E-state index is 0.182. The van der Waals surface area contributed by atoms with E-state index in [1.54, 1.807) is 0 Å². The van der Waals surface area contributed by atoms with Crippen LogP contribution in [0.2, 0.25) is 0 Å². The van der Waals surface area contributed by atoms with Crippen LogP contribution in [0.1, 0.15) is 51.5 Å². The van der Waals surface area contributed by atoms with Crippen LogP contribution in [0.3, 0.4) is 0 Å². The molecular weight excluding hydrogens is 380 g/mol. The molecule has 3 rings (SSSR count). The average molecular weight is 409 g/mol. The van der Waals surface area contributed by atoms with Gasteiger partial charge in [-0.05, 0) is 76.2 Å². The minimum Gasteiger partial charge on any atom is -0.444 e. The van der Waals surface area contributed by atoms with Gasteiger partial charge in [0.05, 0.1) is 0 Å². The molecule has 1 aromatic carbocycles. The van der Waals surface area contributed by atoms with Crippen LogP contribution in [0.15, 0.2) is 28.7 Å². The van der Waals surface area contributed by atoms with E-state index in [0.717, 1.165) is 37.1 Å². The number of carbonyl (C=O) groups excluding carboxylic acids is 1. The van der Waals surface area contributed by atoms with Gasteiger partial charge in [-0.3, -0.25) is 0 Å². The Kier molecular flexibility index (Phi) is 5.45. The third kappa shape index (κ3) is 4.37. The highest BCUT2D eigenvalue weighted by Gasteiger charge is 2.45. The third-order valence-electron chi connectivity index (χ3n) is 5.55. The smallest absolute Gasteiger partial charge is 0.410 e. The molecule has 0 aliphatic carbocycles. The first-order valence-corrected chi connectivity index (χ1v) is 10.0. The van der Waals surface area contributed by atoms with Crippen LogP contribution >= 0.6 is 15.9 Å². The summed E-state index contributed by atoms with van der Waals surface area (Å²) < 4.78 is 6.72. The second-order valence-electron chi connectivity index (χ2n) is 8.39. The molecule has 138 valence electrons. The molecule has 1 aromatic rings. The molecule has 1 spiro atoms. The monoisotopic (exact) mass is 408 g/mol. The Hall–Kier alpha value is -1.07. The lowest BCUT2D eigenvalue weighted by atomic mass is 9.62. The SMILES string of the molecule is CC(C)(C)OC(=O)N1CCC2(CCNCC2)C(c2ccc(Br)cc2)C1. The Bertz CT molecular complexity index is 603. The number of amides is 1. The van der Waals surface area contributed by atoms with Gasteiger partial charge in [0.1, 0.15) is 5.60 Å². The molecular formula is C20H29BrN2O2. The van der Waals surface area contributed by atoms with Crippen molar-refractivity contribution in [3.05, 3.63) is 34.3 Å². The predicted octanol–water partition coefficient (Wildman–Crippen LogP) is 4.54. The lowest BCUT2D eigenvalue weighted by molar-refractivity contribution is -0.00239. The molecule has 1 unspecified atom stereocenters.